The van der Waals surface area contributed by atoms with Gasteiger partial charge in [-0.15, -0.1) is 0 Å². The van der Waals surface area contributed by atoms with E-state index in [1.807, 2.05) is 24.5 Å². The number of pyridine rings is 2. The average Bonchev–Trinajstić information content (AvgIpc) is 3.99. The molecule has 6 aromatic rings. The normalized spacial score (nSPS) is 20.1. The number of hydrogen-bond acceptors (Lipinski definition) is 9. The summed E-state index contributed by atoms with van der Waals surface area (Å²) in [6, 6.07) is 23.4. The summed E-state index contributed by atoms with van der Waals surface area (Å²) in [5.74, 6) is 0.333. The fourth-order valence-electron chi connectivity index (χ4n) is 9.03. The number of β-amino-alcohol motifs (C(OH)–C–C–N with tert-alkyl or cyclic N) is 1. The van der Waals surface area contributed by atoms with Crippen molar-refractivity contribution in [3.8, 4) is 28.5 Å². The average molecular weight is 719 g/mol. The number of benzene rings is 3. The zero-order valence-corrected chi connectivity index (χ0v) is 30.5. The van der Waals surface area contributed by atoms with E-state index in [9.17, 15) is 20.3 Å². The number of anilines is 2. The molecule has 272 valence electrons. The topological polar surface area (TPSA) is 139 Å². The highest BCUT2D eigenvalue weighted by Gasteiger charge is 2.37. The Morgan fingerprint density at radius 2 is 1.78 bits per heavy atom. The minimum absolute atomic E-state index is 0.112. The lowest BCUT2D eigenvalue weighted by Gasteiger charge is -2.24. The Morgan fingerprint density at radius 3 is 2.56 bits per heavy atom. The first-order valence-electron chi connectivity index (χ1n) is 18.8. The van der Waals surface area contributed by atoms with Crippen LogP contribution in [0.4, 0.5) is 11.5 Å². The number of aliphatic hydroxyl groups excluding tert-OH is 1. The van der Waals surface area contributed by atoms with Gasteiger partial charge in [0.2, 0.25) is 0 Å². The minimum atomic E-state index is -0.733. The zero-order valence-electron chi connectivity index (χ0n) is 30.5. The molecule has 5 heterocycles. The summed E-state index contributed by atoms with van der Waals surface area (Å²) in [7, 11) is 0. The molecule has 0 radical (unpaired) electrons. The van der Waals surface area contributed by atoms with Gasteiger partial charge in [0.25, 0.3) is 0 Å². The Labute approximate surface area is 313 Å². The molecule has 1 aliphatic carbocycles. The third-order valence-electron chi connectivity index (χ3n) is 11.9. The fourth-order valence-corrected chi connectivity index (χ4v) is 9.03. The molecule has 10 heteroatoms. The molecule has 3 N–H and O–H groups in total. The summed E-state index contributed by atoms with van der Waals surface area (Å²) in [5, 5.41) is 35.4. The zero-order chi connectivity index (χ0) is 37.1. The van der Waals surface area contributed by atoms with Gasteiger partial charge in [0.05, 0.1) is 17.6 Å². The second kappa shape index (κ2) is 13.7. The second-order valence-corrected chi connectivity index (χ2v) is 15.2. The van der Waals surface area contributed by atoms with Crippen LogP contribution >= 0.6 is 0 Å². The highest BCUT2D eigenvalue weighted by atomic mass is 16.4. The Balaban J connectivity index is 1.01. The van der Waals surface area contributed by atoms with E-state index in [1.54, 1.807) is 0 Å². The van der Waals surface area contributed by atoms with Crippen LogP contribution < -0.4 is 5.32 Å². The van der Waals surface area contributed by atoms with Crippen LogP contribution in [0.25, 0.3) is 44.3 Å². The van der Waals surface area contributed by atoms with Gasteiger partial charge in [-0.25, -0.2) is 4.98 Å². The number of nitriles is 1. The Kier molecular flexibility index (Phi) is 8.65. The van der Waals surface area contributed by atoms with Crippen LogP contribution in [0.5, 0.6) is 0 Å². The molecule has 0 bridgehead atoms. The molecule has 2 aliphatic heterocycles. The van der Waals surface area contributed by atoms with Gasteiger partial charge >= 0.3 is 5.97 Å². The minimum Gasteiger partial charge on any atom is -0.481 e. The van der Waals surface area contributed by atoms with E-state index in [4.69, 9.17) is 9.40 Å². The molecule has 10 nitrogen and oxygen atoms in total. The van der Waals surface area contributed by atoms with Gasteiger partial charge in [0, 0.05) is 66.6 Å². The monoisotopic (exact) mass is 718 g/mol. The number of carbonyl (C=O) groups is 1. The van der Waals surface area contributed by atoms with Crippen LogP contribution in [0.15, 0.2) is 77.5 Å². The van der Waals surface area contributed by atoms with E-state index in [1.165, 1.54) is 0 Å². The molecule has 9 rings (SSSR count). The maximum Gasteiger partial charge on any atom is 0.307 e. The fraction of sp³-hybridized carbons (Fsp3) is 0.318. The van der Waals surface area contributed by atoms with Crippen molar-refractivity contribution in [1.82, 2.24) is 19.8 Å². The maximum atomic E-state index is 11.7. The lowest BCUT2D eigenvalue weighted by molar-refractivity contribution is -0.141. The summed E-state index contributed by atoms with van der Waals surface area (Å²) >= 11 is 0. The quantitative estimate of drug-likeness (QED) is 0.142. The number of nitrogens with one attached hydrogen (secondary N) is 1. The van der Waals surface area contributed by atoms with Gasteiger partial charge in [0.1, 0.15) is 17.3 Å². The van der Waals surface area contributed by atoms with E-state index in [-0.39, 0.29) is 18.1 Å². The van der Waals surface area contributed by atoms with Crippen LogP contribution in [-0.4, -0.2) is 68.2 Å². The molecular weight excluding hydrogens is 677 g/mol. The number of carboxylic acids is 1. The van der Waals surface area contributed by atoms with Crippen molar-refractivity contribution in [1.29, 1.82) is 5.26 Å². The number of nitrogens with zero attached hydrogens (tertiary/aromatic N) is 5. The molecule has 0 unspecified atom stereocenters. The van der Waals surface area contributed by atoms with Crippen LogP contribution in [-0.2, 0) is 17.8 Å². The Bertz CT molecular complexity index is 2500. The van der Waals surface area contributed by atoms with Crippen molar-refractivity contribution in [2.75, 3.05) is 31.5 Å². The molecule has 0 amide bonds. The van der Waals surface area contributed by atoms with E-state index in [2.05, 4.69) is 88.5 Å². The third kappa shape index (κ3) is 5.99. The SMILES string of the molecule is Cc1c(Nc2nccc3cc(CN4CC[C@@H](O)C4)cnc23)cccc1-c1cccc(-c2cc3cc4c(c(C#N)c3o2)CC[C@@H]4N2CC[C@@H](C(=O)O)C2)c1C. The van der Waals surface area contributed by atoms with E-state index in [0.29, 0.717) is 42.2 Å². The largest absolute Gasteiger partial charge is 0.481 e. The molecule has 3 aliphatic rings. The van der Waals surface area contributed by atoms with Crippen molar-refractivity contribution >= 4 is 39.3 Å². The first-order chi connectivity index (χ1) is 26.2. The smallest absolute Gasteiger partial charge is 0.307 e. The lowest BCUT2D eigenvalue weighted by Crippen LogP contribution is -2.26. The molecule has 3 aromatic carbocycles. The van der Waals surface area contributed by atoms with Gasteiger partial charge in [-0.05, 0) is 115 Å². The number of likely N-dealkylation sites (tertiary alicyclic amines) is 2. The first kappa shape index (κ1) is 34.2. The molecule has 2 fully saturated rings. The van der Waals surface area contributed by atoms with Gasteiger partial charge in [-0.2, -0.15) is 5.26 Å². The van der Waals surface area contributed by atoms with Crippen molar-refractivity contribution in [2.45, 2.75) is 58.2 Å². The summed E-state index contributed by atoms with van der Waals surface area (Å²) in [6.45, 7) is 7.86. The molecule has 3 atom stereocenters. The summed E-state index contributed by atoms with van der Waals surface area (Å²) in [5.41, 5.74) is 11.5. The van der Waals surface area contributed by atoms with Crippen LogP contribution in [0.1, 0.15) is 58.7 Å². The van der Waals surface area contributed by atoms with Gasteiger partial charge in [-0.1, -0.05) is 30.3 Å². The summed E-state index contributed by atoms with van der Waals surface area (Å²) < 4.78 is 6.55. The number of aliphatic hydroxyl groups is 1. The highest BCUT2D eigenvalue weighted by molar-refractivity contribution is 5.93. The van der Waals surface area contributed by atoms with E-state index in [0.717, 1.165) is 105 Å². The van der Waals surface area contributed by atoms with Crippen molar-refractivity contribution < 1.29 is 19.4 Å². The predicted octanol–water partition coefficient (Wildman–Crippen LogP) is 7.90. The van der Waals surface area contributed by atoms with Gasteiger partial charge < -0.3 is 19.9 Å². The summed E-state index contributed by atoms with van der Waals surface area (Å²) in [6.07, 6.45) is 6.59. The standard InChI is InChI=1S/C44H42N6O4/c1-25-32(33-6-4-8-38(26(33)2)48-43-41-28(11-14-46-43)17-27(21-47-41)22-49-15-13-31(51)24-49)5-3-7-34(25)40-19-30-18-36-35(37(20-45)42(30)54-40)9-10-39(36)50-16-12-29(23-50)44(52)53/h3-8,11,14,17-19,21,29,31,39,51H,9-10,12-13,15-16,22-24H2,1-2H3,(H,46,48)(H,52,53)/t29-,31-,39+/m1/s1. The molecule has 0 spiro atoms. The van der Waals surface area contributed by atoms with E-state index >= 15 is 0 Å². The molecule has 54 heavy (non-hydrogen) atoms. The number of aromatic nitrogens is 2. The van der Waals surface area contributed by atoms with Crippen molar-refractivity contribution in [3.05, 3.63) is 106 Å². The Morgan fingerprint density at radius 1 is 0.963 bits per heavy atom. The van der Waals surface area contributed by atoms with Crippen LogP contribution in [0.2, 0.25) is 0 Å². The van der Waals surface area contributed by atoms with Crippen LogP contribution in [0.3, 0.4) is 0 Å². The van der Waals surface area contributed by atoms with Crippen molar-refractivity contribution in [2.24, 2.45) is 5.92 Å². The maximum absolute atomic E-state index is 11.7. The number of furan rings is 1. The molecule has 0 saturated carbocycles. The van der Waals surface area contributed by atoms with Gasteiger partial charge in [-0.3, -0.25) is 19.6 Å². The van der Waals surface area contributed by atoms with E-state index < -0.39 is 5.97 Å². The number of rotatable bonds is 8. The predicted molar refractivity (Wildman–Crippen MR) is 208 cm³/mol. The second-order valence-electron chi connectivity index (χ2n) is 15.2. The first-order valence-corrected chi connectivity index (χ1v) is 18.8. The number of fused-ring (bicyclic) bond motifs is 3. The Hall–Kier alpha value is -5.60. The third-order valence-corrected chi connectivity index (χ3v) is 11.9. The summed E-state index contributed by atoms with van der Waals surface area (Å²) in [4.78, 5) is 25.7. The molecular formula is C44H42N6O4. The van der Waals surface area contributed by atoms with Gasteiger partial charge in [0.15, 0.2) is 11.4 Å². The number of carboxylic acid groups (broad SMARTS) is 1. The van der Waals surface area contributed by atoms with Crippen LogP contribution in [0, 0.1) is 31.1 Å². The highest BCUT2D eigenvalue weighted by Crippen LogP contribution is 2.45. The number of aliphatic carboxylic acids is 1. The lowest BCUT2D eigenvalue weighted by atomic mass is 9.92. The number of hydrogen-bond donors (Lipinski definition) is 3. The molecule has 2 saturated heterocycles. The van der Waals surface area contributed by atoms with Crippen molar-refractivity contribution in [3.63, 3.8) is 0 Å². The molecule has 3 aromatic heterocycles.